The average molecular weight is 534 g/mol. The molecule has 1 aliphatic carbocycles. The molecule has 3 N–H and O–H groups in total. The summed E-state index contributed by atoms with van der Waals surface area (Å²) in [5, 5.41) is 10.3. The summed E-state index contributed by atoms with van der Waals surface area (Å²) in [4.78, 5) is 37.9. The van der Waals surface area contributed by atoms with Crippen LogP contribution in [0.4, 0.5) is 10.1 Å². The number of nitrogens with one attached hydrogen (secondary N) is 3. The van der Waals surface area contributed by atoms with E-state index >= 15 is 4.39 Å². The van der Waals surface area contributed by atoms with Crippen LogP contribution in [-0.2, 0) is 4.79 Å². The van der Waals surface area contributed by atoms with Gasteiger partial charge in [0.15, 0.2) is 17.1 Å². The SMILES string of the molecule is O=C(Nc1cncc(-c2cnc3[nH]nc(-c4nc5c(-c6cccnc6)ccnc5[nH]4)c3c2F)c1)C1CCCCC1. The van der Waals surface area contributed by atoms with Crippen LogP contribution in [0.2, 0.25) is 0 Å². The van der Waals surface area contributed by atoms with Gasteiger partial charge in [0, 0.05) is 59.2 Å². The Labute approximate surface area is 227 Å². The number of anilines is 1. The molecule has 1 amide bonds. The van der Waals surface area contributed by atoms with Gasteiger partial charge in [-0.05, 0) is 31.0 Å². The molecule has 6 aromatic rings. The molecule has 0 saturated heterocycles. The molecule has 198 valence electrons. The van der Waals surface area contributed by atoms with Gasteiger partial charge in [-0.2, -0.15) is 5.10 Å². The van der Waals surface area contributed by atoms with E-state index in [0.29, 0.717) is 28.2 Å². The molecule has 0 atom stereocenters. The maximum atomic E-state index is 16.1. The third-order valence-electron chi connectivity index (χ3n) is 7.40. The van der Waals surface area contributed by atoms with Gasteiger partial charge in [-0.3, -0.25) is 19.9 Å². The second kappa shape index (κ2) is 9.92. The van der Waals surface area contributed by atoms with E-state index in [1.807, 2.05) is 18.2 Å². The van der Waals surface area contributed by atoms with E-state index in [2.05, 4.69) is 40.4 Å². The first-order chi connectivity index (χ1) is 19.7. The number of aromatic nitrogens is 8. The van der Waals surface area contributed by atoms with E-state index in [1.54, 1.807) is 37.1 Å². The number of carbonyl (C=O) groups is 1. The molecule has 10 nitrogen and oxygen atoms in total. The number of carbonyl (C=O) groups excluding carboxylic acids is 1. The lowest BCUT2D eigenvalue weighted by molar-refractivity contribution is -0.120. The zero-order valence-electron chi connectivity index (χ0n) is 21.4. The minimum absolute atomic E-state index is 0.00221. The van der Waals surface area contributed by atoms with Crippen molar-refractivity contribution in [1.29, 1.82) is 0 Å². The van der Waals surface area contributed by atoms with Crippen LogP contribution in [0.1, 0.15) is 32.1 Å². The van der Waals surface area contributed by atoms with Gasteiger partial charge in [0.25, 0.3) is 0 Å². The summed E-state index contributed by atoms with van der Waals surface area (Å²) in [6.07, 6.45) is 14.8. The van der Waals surface area contributed by atoms with Gasteiger partial charge in [0.05, 0.1) is 17.3 Å². The lowest BCUT2D eigenvalue weighted by Gasteiger charge is -2.20. The van der Waals surface area contributed by atoms with Gasteiger partial charge in [0.1, 0.15) is 17.0 Å². The minimum atomic E-state index is -0.521. The topological polar surface area (TPSA) is 138 Å². The normalized spacial score (nSPS) is 14.1. The molecule has 7 rings (SSSR count). The smallest absolute Gasteiger partial charge is 0.227 e. The fourth-order valence-electron chi connectivity index (χ4n) is 5.37. The quantitative estimate of drug-likeness (QED) is 0.259. The van der Waals surface area contributed by atoms with Crippen LogP contribution in [0, 0.1) is 11.7 Å². The highest BCUT2D eigenvalue weighted by molar-refractivity contribution is 5.97. The Morgan fingerprint density at radius 2 is 1.80 bits per heavy atom. The van der Waals surface area contributed by atoms with E-state index in [1.165, 1.54) is 12.6 Å². The Kier molecular flexibility index (Phi) is 5.95. The second-order valence-electron chi connectivity index (χ2n) is 9.95. The molecule has 1 saturated carbocycles. The van der Waals surface area contributed by atoms with Crippen molar-refractivity contribution in [1.82, 2.24) is 40.1 Å². The van der Waals surface area contributed by atoms with Gasteiger partial charge in [-0.25, -0.2) is 19.3 Å². The lowest BCUT2D eigenvalue weighted by atomic mass is 9.88. The molecule has 6 heterocycles. The fourth-order valence-corrected chi connectivity index (χ4v) is 5.37. The third kappa shape index (κ3) is 4.25. The van der Waals surface area contributed by atoms with E-state index in [-0.39, 0.29) is 34.1 Å². The van der Waals surface area contributed by atoms with Crippen LogP contribution in [-0.4, -0.2) is 46.0 Å². The van der Waals surface area contributed by atoms with Crippen LogP contribution < -0.4 is 5.32 Å². The molecule has 0 aliphatic heterocycles. The monoisotopic (exact) mass is 533 g/mol. The molecule has 0 radical (unpaired) electrons. The van der Waals surface area contributed by atoms with Crippen LogP contribution in [0.15, 0.2) is 61.4 Å². The molecule has 1 fully saturated rings. The van der Waals surface area contributed by atoms with Crippen molar-refractivity contribution in [2.75, 3.05) is 5.32 Å². The number of pyridine rings is 4. The summed E-state index contributed by atoms with van der Waals surface area (Å²) < 4.78 is 16.1. The lowest BCUT2D eigenvalue weighted by Crippen LogP contribution is -2.24. The molecule has 0 aromatic carbocycles. The van der Waals surface area contributed by atoms with Crippen LogP contribution in [0.5, 0.6) is 0 Å². The summed E-state index contributed by atoms with van der Waals surface area (Å²) >= 11 is 0. The van der Waals surface area contributed by atoms with Crippen molar-refractivity contribution in [2.24, 2.45) is 5.92 Å². The van der Waals surface area contributed by atoms with Gasteiger partial charge < -0.3 is 10.3 Å². The van der Waals surface area contributed by atoms with E-state index < -0.39 is 5.82 Å². The number of nitrogens with zero attached hydrogens (tertiary/aromatic N) is 6. The highest BCUT2D eigenvalue weighted by atomic mass is 19.1. The molecule has 6 aromatic heterocycles. The summed E-state index contributed by atoms with van der Waals surface area (Å²) in [6.45, 7) is 0. The molecular formula is C29H24FN9O. The number of aromatic amines is 2. The second-order valence-corrected chi connectivity index (χ2v) is 9.95. The molecule has 0 bridgehead atoms. The summed E-state index contributed by atoms with van der Waals surface area (Å²) in [5.74, 6) is -0.187. The van der Waals surface area contributed by atoms with E-state index in [9.17, 15) is 4.79 Å². The Balaban J connectivity index is 1.26. The first kappa shape index (κ1) is 24.0. The predicted molar refractivity (Wildman–Crippen MR) is 148 cm³/mol. The Hall–Kier alpha value is -5.06. The summed E-state index contributed by atoms with van der Waals surface area (Å²) in [5.41, 5.74) is 4.72. The van der Waals surface area contributed by atoms with Crippen LogP contribution in [0.3, 0.4) is 0 Å². The van der Waals surface area contributed by atoms with Crippen molar-refractivity contribution in [3.05, 3.63) is 67.3 Å². The average Bonchev–Trinajstić information content (AvgIpc) is 3.63. The number of fused-ring (bicyclic) bond motifs is 2. The molecule has 0 unspecified atom stereocenters. The molecule has 0 spiro atoms. The van der Waals surface area contributed by atoms with Crippen LogP contribution in [0.25, 0.3) is 56.0 Å². The van der Waals surface area contributed by atoms with Crippen molar-refractivity contribution >= 4 is 33.8 Å². The Morgan fingerprint density at radius 3 is 2.65 bits per heavy atom. The highest BCUT2D eigenvalue weighted by Crippen LogP contribution is 2.34. The van der Waals surface area contributed by atoms with Gasteiger partial charge in [-0.1, -0.05) is 25.3 Å². The zero-order chi connectivity index (χ0) is 27.1. The number of amides is 1. The number of halogens is 1. The number of imidazole rings is 1. The minimum Gasteiger partial charge on any atom is -0.324 e. The van der Waals surface area contributed by atoms with Crippen molar-refractivity contribution < 1.29 is 9.18 Å². The largest absolute Gasteiger partial charge is 0.324 e. The maximum Gasteiger partial charge on any atom is 0.227 e. The molecule has 40 heavy (non-hydrogen) atoms. The van der Waals surface area contributed by atoms with Crippen molar-refractivity contribution in [2.45, 2.75) is 32.1 Å². The molecular weight excluding hydrogens is 509 g/mol. The summed E-state index contributed by atoms with van der Waals surface area (Å²) in [7, 11) is 0. The number of rotatable bonds is 5. The highest BCUT2D eigenvalue weighted by Gasteiger charge is 2.23. The Bertz CT molecular complexity index is 1860. The van der Waals surface area contributed by atoms with Gasteiger partial charge in [-0.15, -0.1) is 0 Å². The van der Waals surface area contributed by atoms with Gasteiger partial charge in [0.2, 0.25) is 5.91 Å². The fraction of sp³-hybridized carbons (Fsp3) is 0.207. The molecule has 11 heteroatoms. The predicted octanol–water partition coefficient (Wildman–Crippen LogP) is 5.68. The standard InChI is InChI=1S/C29H24FN9O/c30-23-21(18-11-19(14-32-13-18)35-29(40)16-5-2-1-3-6-16)15-34-26-22(23)25(38-39-26)28-36-24-20(8-10-33-27(24)37-28)17-7-4-9-31-12-17/h4,7-16H,1-3,5-6H2,(H,35,40)(H,33,36,37)(H,34,38,39). The maximum absolute atomic E-state index is 16.1. The number of H-pyrrole nitrogens is 2. The first-order valence-electron chi connectivity index (χ1n) is 13.2. The van der Waals surface area contributed by atoms with Gasteiger partial charge >= 0.3 is 0 Å². The zero-order valence-corrected chi connectivity index (χ0v) is 21.4. The van der Waals surface area contributed by atoms with Crippen molar-refractivity contribution in [3.8, 4) is 33.8 Å². The third-order valence-corrected chi connectivity index (χ3v) is 7.40. The van der Waals surface area contributed by atoms with Crippen molar-refractivity contribution in [3.63, 3.8) is 0 Å². The molecule has 1 aliphatic rings. The number of hydrogen-bond donors (Lipinski definition) is 3. The van der Waals surface area contributed by atoms with E-state index in [0.717, 1.165) is 36.8 Å². The number of hydrogen-bond acceptors (Lipinski definition) is 7. The summed E-state index contributed by atoms with van der Waals surface area (Å²) in [6, 6.07) is 7.37. The van der Waals surface area contributed by atoms with E-state index in [4.69, 9.17) is 4.98 Å². The van der Waals surface area contributed by atoms with Crippen LogP contribution >= 0.6 is 0 Å². The first-order valence-corrected chi connectivity index (χ1v) is 13.2. The Morgan fingerprint density at radius 1 is 0.925 bits per heavy atom.